The summed E-state index contributed by atoms with van der Waals surface area (Å²) in [5, 5.41) is 3.30. The minimum atomic E-state index is 0.0934. The van der Waals surface area contributed by atoms with Gasteiger partial charge in [0.05, 0.1) is 0 Å². The van der Waals surface area contributed by atoms with Gasteiger partial charge in [0.1, 0.15) is 0 Å². The molecule has 0 unspecified atom stereocenters. The molecule has 0 heterocycles. The van der Waals surface area contributed by atoms with Crippen LogP contribution in [0.5, 0.6) is 0 Å². The molecule has 5 heteroatoms. The Kier molecular flexibility index (Phi) is 5.18. The number of hydrogen-bond acceptors (Lipinski definition) is 2. The van der Waals surface area contributed by atoms with E-state index in [9.17, 15) is 0 Å². The van der Waals surface area contributed by atoms with Gasteiger partial charge in [-0.3, -0.25) is 4.99 Å². The molecule has 0 amide bonds. The summed E-state index contributed by atoms with van der Waals surface area (Å²) in [4.78, 5) is 7.19. The first-order valence-corrected chi connectivity index (χ1v) is 7.35. The smallest absolute Gasteiger partial charge is 0.262 e. The number of nitrogens with two attached hydrogens (primary N) is 1. The van der Waals surface area contributed by atoms with Crippen LogP contribution in [-0.2, 0) is 5.41 Å². The lowest BCUT2D eigenvalue weighted by Crippen LogP contribution is -2.47. The number of nitrogens with one attached hydrogen (secondary N) is 2. The van der Waals surface area contributed by atoms with E-state index < -0.39 is 0 Å². The maximum atomic E-state index is 6.84. The van der Waals surface area contributed by atoms with Crippen molar-refractivity contribution in [3.63, 3.8) is 0 Å². The van der Waals surface area contributed by atoms with E-state index in [1.54, 1.807) is 7.05 Å². The van der Waals surface area contributed by atoms with Crippen LogP contribution in [0, 0.1) is 6.57 Å². The normalized spacial score (nSPS) is 26.0. The third kappa shape index (κ3) is 3.53. The van der Waals surface area contributed by atoms with Crippen LogP contribution in [0.3, 0.4) is 0 Å². The van der Waals surface area contributed by atoms with E-state index in [0.717, 1.165) is 25.7 Å². The van der Waals surface area contributed by atoms with Crippen molar-refractivity contribution in [2.45, 2.75) is 37.1 Å². The lowest BCUT2D eigenvalue weighted by atomic mass is 9.68. The zero-order valence-corrected chi connectivity index (χ0v) is 12.5. The Balaban J connectivity index is 2.00. The molecule has 1 aliphatic carbocycles. The molecular weight excluding hydrogens is 262 g/mol. The zero-order chi connectivity index (χ0) is 15.1. The van der Waals surface area contributed by atoms with Gasteiger partial charge in [0, 0.05) is 25.0 Å². The minimum Gasteiger partial charge on any atom is -0.349 e. The fourth-order valence-corrected chi connectivity index (χ4v) is 3.11. The van der Waals surface area contributed by atoms with Crippen LogP contribution in [0.2, 0.25) is 0 Å². The topological polar surface area (TPSA) is 66.8 Å². The molecule has 1 aliphatic rings. The summed E-state index contributed by atoms with van der Waals surface area (Å²) in [5.41, 5.74) is 10.1. The van der Waals surface area contributed by atoms with Gasteiger partial charge in [-0.1, -0.05) is 35.8 Å². The molecule has 0 aromatic heterocycles. The number of nitrogens with zero attached hydrogens (tertiary/aromatic N) is 2. The summed E-state index contributed by atoms with van der Waals surface area (Å²) in [6, 6.07) is 10.9. The predicted molar refractivity (Wildman–Crippen MR) is 85.7 cm³/mol. The van der Waals surface area contributed by atoms with Crippen molar-refractivity contribution in [1.29, 1.82) is 0 Å². The van der Waals surface area contributed by atoms with E-state index in [-0.39, 0.29) is 5.41 Å². The second-order valence-corrected chi connectivity index (χ2v) is 5.56. The van der Waals surface area contributed by atoms with Gasteiger partial charge in [0.15, 0.2) is 0 Å². The van der Waals surface area contributed by atoms with Crippen molar-refractivity contribution in [2.24, 2.45) is 10.7 Å². The van der Waals surface area contributed by atoms with Crippen LogP contribution >= 0.6 is 0 Å². The van der Waals surface area contributed by atoms with Gasteiger partial charge in [-0.15, -0.1) is 0 Å². The quantitative estimate of drug-likeness (QED) is 0.343. The molecule has 1 aromatic rings. The van der Waals surface area contributed by atoms with Gasteiger partial charge in [-0.05, 0) is 31.2 Å². The summed E-state index contributed by atoms with van der Waals surface area (Å²) in [6.07, 6.45) is 4.18. The zero-order valence-electron chi connectivity index (χ0n) is 12.5. The third-order valence-electron chi connectivity index (χ3n) is 4.45. The molecule has 1 saturated carbocycles. The van der Waals surface area contributed by atoms with Crippen molar-refractivity contribution >= 4 is 5.96 Å². The minimum absolute atomic E-state index is 0.0934. The molecule has 4 N–H and O–H groups in total. The Labute approximate surface area is 126 Å². The lowest BCUT2D eigenvalue weighted by molar-refractivity contribution is 0.265. The molecule has 0 spiro atoms. The molecule has 0 radical (unpaired) electrons. The van der Waals surface area contributed by atoms with E-state index in [1.807, 2.05) is 6.07 Å². The Bertz CT molecular complexity index is 509. The summed E-state index contributed by atoms with van der Waals surface area (Å²) in [6.45, 7) is 7.51. The molecule has 21 heavy (non-hydrogen) atoms. The number of aliphatic imine (C=N–C) groups is 1. The van der Waals surface area contributed by atoms with E-state index in [1.165, 1.54) is 5.56 Å². The second-order valence-electron chi connectivity index (χ2n) is 5.56. The molecule has 0 bridgehead atoms. The van der Waals surface area contributed by atoms with Gasteiger partial charge < -0.3 is 11.1 Å². The molecule has 0 atom stereocenters. The van der Waals surface area contributed by atoms with E-state index in [2.05, 4.69) is 45.0 Å². The first-order chi connectivity index (χ1) is 10.2. The summed E-state index contributed by atoms with van der Waals surface area (Å²) >= 11 is 0. The summed E-state index contributed by atoms with van der Waals surface area (Å²) in [5.74, 6) is 0.551. The SMILES string of the molecule is [C-]#[N+]NC(=NC)NC1CCC(CN)(c2ccccc2)CC1. The average Bonchev–Trinajstić information content (AvgIpc) is 2.56. The third-order valence-corrected chi connectivity index (χ3v) is 4.45. The molecule has 1 aromatic carbocycles. The fourth-order valence-electron chi connectivity index (χ4n) is 3.11. The van der Waals surface area contributed by atoms with Crippen LogP contribution in [0.1, 0.15) is 31.2 Å². The van der Waals surface area contributed by atoms with E-state index in [0.29, 0.717) is 18.5 Å². The van der Waals surface area contributed by atoms with Crippen LogP contribution < -0.4 is 16.5 Å². The van der Waals surface area contributed by atoms with Crippen LogP contribution in [-0.4, -0.2) is 25.6 Å². The first kappa shape index (κ1) is 15.3. The highest BCUT2D eigenvalue weighted by Crippen LogP contribution is 2.38. The van der Waals surface area contributed by atoms with Gasteiger partial charge in [-0.2, -0.15) is 11.5 Å². The average molecular weight is 285 g/mol. The van der Waals surface area contributed by atoms with Crippen LogP contribution in [0.15, 0.2) is 35.3 Å². The van der Waals surface area contributed by atoms with Crippen molar-refractivity contribution in [3.05, 3.63) is 47.4 Å². The summed E-state index contributed by atoms with van der Waals surface area (Å²) in [7, 11) is 1.68. The summed E-state index contributed by atoms with van der Waals surface area (Å²) < 4.78 is 0. The number of benzene rings is 1. The lowest BCUT2D eigenvalue weighted by Gasteiger charge is -2.40. The second kappa shape index (κ2) is 7.09. The maximum Gasteiger partial charge on any atom is 0.262 e. The Morgan fingerprint density at radius 2 is 2.05 bits per heavy atom. The highest BCUT2D eigenvalue weighted by molar-refractivity contribution is 5.80. The maximum absolute atomic E-state index is 6.84. The van der Waals surface area contributed by atoms with E-state index in [4.69, 9.17) is 12.3 Å². The van der Waals surface area contributed by atoms with Gasteiger partial charge in [0.2, 0.25) is 0 Å². The Morgan fingerprint density at radius 1 is 1.38 bits per heavy atom. The fraction of sp³-hybridized carbons (Fsp3) is 0.500. The molecule has 0 saturated heterocycles. The largest absolute Gasteiger partial charge is 0.349 e. The van der Waals surface area contributed by atoms with Crippen molar-refractivity contribution in [2.75, 3.05) is 13.6 Å². The molecule has 5 nitrogen and oxygen atoms in total. The van der Waals surface area contributed by atoms with Crippen molar-refractivity contribution in [3.8, 4) is 0 Å². The Morgan fingerprint density at radius 3 is 2.57 bits per heavy atom. The van der Waals surface area contributed by atoms with Gasteiger partial charge in [0.25, 0.3) is 5.96 Å². The monoisotopic (exact) mass is 285 g/mol. The molecule has 2 rings (SSSR count). The molecule has 1 fully saturated rings. The highest BCUT2D eigenvalue weighted by atomic mass is 15.4. The molecule has 112 valence electrons. The Hall–Kier alpha value is -2.06. The van der Waals surface area contributed by atoms with Crippen LogP contribution in [0.4, 0.5) is 0 Å². The van der Waals surface area contributed by atoms with Gasteiger partial charge >= 0.3 is 0 Å². The standard InChI is InChI=1S/C16H23N5/c1-18-15(21-19-2)20-14-8-10-16(12-17,11-9-14)13-6-4-3-5-7-13/h3-7,14H,8-12,17H2,1H3,(H2,18,20,21). The molecular formula is C16H23N5. The van der Waals surface area contributed by atoms with Gasteiger partial charge in [-0.25, -0.2) is 0 Å². The first-order valence-electron chi connectivity index (χ1n) is 7.35. The number of hydrogen-bond donors (Lipinski definition) is 3. The highest BCUT2D eigenvalue weighted by Gasteiger charge is 2.35. The molecule has 0 aliphatic heterocycles. The van der Waals surface area contributed by atoms with E-state index >= 15 is 0 Å². The van der Waals surface area contributed by atoms with Crippen molar-refractivity contribution in [1.82, 2.24) is 10.7 Å². The number of rotatable bonds is 3. The van der Waals surface area contributed by atoms with Crippen LogP contribution in [0.25, 0.3) is 4.95 Å². The van der Waals surface area contributed by atoms with Crippen molar-refractivity contribution < 1.29 is 0 Å². The predicted octanol–water partition coefficient (Wildman–Crippen LogP) is 1.82. The number of guanidine groups is 1.